The van der Waals surface area contributed by atoms with Crippen molar-refractivity contribution in [3.8, 4) is 0 Å². The predicted octanol–water partition coefficient (Wildman–Crippen LogP) is 2.48. The third kappa shape index (κ3) is 4.18. The summed E-state index contributed by atoms with van der Waals surface area (Å²) in [6, 6.07) is 2.29. The van der Waals surface area contributed by atoms with Gasteiger partial charge < -0.3 is 15.0 Å². The van der Waals surface area contributed by atoms with E-state index in [1.165, 1.54) is 0 Å². The highest BCUT2D eigenvalue weighted by atomic mass is 19.1. The lowest BCUT2D eigenvalue weighted by atomic mass is 9.77. The largest absolute Gasteiger partial charge is 0.494 e. The Morgan fingerprint density at radius 2 is 1.74 bits per heavy atom. The van der Waals surface area contributed by atoms with E-state index < -0.39 is 30.0 Å². The van der Waals surface area contributed by atoms with Gasteiger partial charge in [-0.2, -0.15) is 0 Å². The molecule has 0 aliphatic carbocycles. The molecule has 2 N–H and O–H groups in total. The first-order chi connectivity index (χ1) is 8.80. The zero-order valence-corrected chi connectivity index (χ0v) is 11.8. The van der Waals surface area contributed by atoms with Crippen LogP contribution < -0.4 is 11.2 Å². The van der Waals surface area contributed by atoms with Crippen molar-refractivity contribution in [2.24, 2.45) is 0 Å². The Kier molecular flexibility index (Phi) is 5.32. The first kappa shape index (κ1) is 15.9. The summed E-state index contributed by atoms with van der Waals surface area (Å²) < 4.78 is 38.1. The Balaban J connectivity index is 3.05. The van der Waals surface area contributed by atoms with Gasteiger partial charge >= 0.3 is 7.12 Å². The van der Waals surface area contributed by atoms with Gasteiger partial charge in [0.2, 0.25) is 0 Å². The topological polar surface area (TPSA) is 44.5 Å². The highest BCUT2D eigenvalue weighted by molar-refractivity contribution is 6.61. The summed E-state index contributed by atoms with van der Waals surface area (Å²) in [4.78, 5) is 0. The summed E-state index contributed by atoms with van der Waals surface area (Å²) in [5.41, 5.74) is 4.59. The Bertz CT molecular complexity index is 418. The van der Waals surface area contributed by atoms with Crippen LogP contribution in [0.3, 0.4) is 0 Å². The minimum atomic E-state index is -0.815. The van der Waals surface area contributed by atoms with Crippen LogP contribution in [0, 0.1) is 11.6 Å². The minimum absolute atomic E-state index is 0.285. The fourth-order valence-electron chi connectivity index (χ4n) is 1.46. The van der Waals surface area contributed by atoms with Gasteiger partial charge in [0.1, 0.15) is 17.3 Å². The van der Waals surface area contributed by atoms with Crippen LogP contribution in [-0.2, 0) is 9.31 Å². The van der Waals surface area contributed by atoms with Gasteiger partial charge in [0.05, 0.1) is 0 Å². The molecular formula is C13H20BF2NO2. The smallest absolute Gasteiger partial charge is 0.408 e. The van der Waals surface area contributed by atoms with Gasteiger partial charge in [0.15, 0.2) is 0 Å². The molecule has 6 heteroatoms. The molecule has 0 aromatic heterocycles. The van der Waals surface area contributed by atoms with Crippen LogP contribution in [0.15, 0.2) is 12.1 Å². The molecule has 106 valence electrons. The second-order valence-electron chi connectivity index (χ2n) is 4.92. The van der Waals surface area contributed by atoms with E-state index in [2.05, 4.69) is 0 Å². The SMILES string of the molecule is CCOB(OC(C)(C)CC)c1cc(F)c(N)c(F)c1. The Hall–Kier alpha value is -1.14. The van der Waals surface area contributed by atoms with Gasteiger partial charge in [-0.3, -0.25) is 0 Å². The average Bonchev–Trinajstić information content (AvgIpc) is 2.34. The summed E-state index contributed by atoms with van der Waals surface area (Å²) in [6.07, 6.45) is 0.747. The predicted molar refractivity (Wildman–Crippen MR) is 73.2 cm³/mol. The van der Waals surface area contributed by atoms with Crippen LogP contribution in [-0.4, -0.2) is 19.3 Å². The summed E-state index contributed by atoms with van der Waals surface area (Å²) in [6.45, 7) is 7.91. The summed E-state index contributed by atoms with van der Waals surface area (Å²) in [5, 5.41) is 0. The number of benzene rings is 1. The molecule has 1 rings (SSSR count). The molecule has 0 saturated heterocycles. The van der Waals surface area contributed by atoms with Crippen LogP contribution in [0.1, 0.15) is 34.1 Å². The van der Waals surface area contributed by atoms with Crippen LogP contribution in [0.25, 0.3) is 0 Å². The van der Waals surface area contributed by atoms with E-state index in [4.69, 9.17) is 15.0 Å². The fraction of sp³-hybridized carbons (Fsp3) is 0.538. The highest BCUT2D eigenvalue weighted by Gasteiger charge is 2.30. The summed E-state index contributed by atoms with van der Waals surface area (Å²) >= 11 is 0. The lowest BCUT2D eigenvalue weighted by molar-refractivity contribution is 0.0706. The first-order valence-corrected chi connectivity index (χ1v) is 6.34. The van der Waals surface area contributed by atoms with Crippen LogP contribution in [0.2, 0.25) is 0 Å². The maximum Gasteiger partial charge on any atom is 0.494 e. The molecule has 1 aromatic rings. The normalized spacial score (nSPS) is 11.7. The Labute approximate surface area is 113 Å². The standard InChI is InChI=1S/C13H20BF2NO2/c1-5-13(3,4)19-14(18-6-2)9-7-10(15)12(17)11(16)8-9/h7-8H,5-6,17H2,1-4H3. The van der Waals surface area contributed by atoms with Crippen molar-refractivity contribution in [3.63, 3.8) is 0 Å². The van der Waals surface area contributed by atoms with Crippen molar-refractivity contribution in [2.45, 2.75) is 39.7 Å². The van der Waals surface area contributed by atoms with E-state index in [1.807, 2.05) is 20.8 Å². The van der Waals surface area contributed by atoms with Crippen LogP contribution >= 0.6 is 0 Å². The molecular weight excluding hydrogens is 251 g/mol. The first-order valence-electron chi connectivity index (χ1n) is 6.34. The van der Waals surface area contributed by atoms with Crippen molar-refractivity contribution < 1.29 is 18.1 Å². The molecule has 0 heterocycles. The fourth-order valence-corrected chi connectivity index (χ4v) is 1.46. The average molecular weight is 271 g/mol. The highest BCUT2D eigenvalue weighted by Crippen LogP contribution is 2.18. The van der Waals surface area contributed by atoms with E-state index in [1.54, 1.807) is 6.92 Å². The third-order valence-corrected chi connectivity index (χ3v) is 2.97. The number of nitrogens with two attached hydrogens (primary N) is 1. The van der Waals surface area contributed by atoms with Crippen molar-refractivity contribution in [2.75, 3.05) is 12.3 Å². The molecule has 0 saturated carbocycles. The number of nitrogen functional groups attached to an aromatic ring is 1. The van der Waals surface area contributed by atoms with E-state index in [-0.39, 0.29) is 5.46 Å². The number of anilines is 1. The molecule has 0 fully saturated rings. The van der Waals surface area contributed by atoms with Crippen molar-refractivity contribution >= 4 is 18.3 Å². The molecule has 0 bridgehead atoms. The maximum atomic E-state index is 13.5. The molecule has 0 unspecified atom stereocenters. The Morgan fingerprint density at radius 1 is 1.21 bits per heavy atom. The second kappa shape index (κ2) is 6.35. The second-order valence-corrected chi connectivity index (χ2v) is 4.92. The third-order valence-electron chi connectivity index (χ3n) is 2.97. The Morgan fingerprint density at radius 3 is 2.16 bits per heavy atom. The molecule has 0 spiro atoms. The number of halogens is 2. The van der Waals surface area contributed by atoms with Gasteiger partial charge in [0, 0.05) is 12.2 Å². The maximum absolute atomic E-state index is 13.5. The zero-order chi connectivity index (χ0) is 14.6. The van der Waals surface area contributed by atoms with Gasteiger partial charge in [-0.25, -0.2) is 8.78 Å². The molecule has 0 aliphatic heterocycles. The van der Waals surface area contributed by atoms with Gasteiger partial charge in [0.25, 0.3) is 0 Å². The quantitative estimate of drug-likeness (QED) is 0.638. The lowest BCUT2D eigenvalue weighted by Crippen LogP contribution is -2.44. The summed E-state index contributed by atoms with van der Waals surface area (Å²) in [7, 11) is -0.815. The van der Waals surface area contributed by atoms with Gasteiger partial charge in [-0.15, -0.1) is 0 Å². The van der Waals surface area contributed by atoms with E-state index in [0.29, 0.717) is 6.61 Å². The van der Waals surface area contributed by atoms with Crippen LogP contribution in [0.5, 0.6) is 0 Å². The zero-order valence-electron chi connectivity index (χ0n) is 11.8. The van der Waals surface area contributed by atoms with Crippen molar-refractivity contribution in [1.82, 2.24) is 0 Å². The molecule has 3 nitrogen and oxygen atoms in total. The molecule has 0 aliphatic rings. The van der Waals surface area contributed by atoms with Crippen molar-refractivity contribution in [3.05, 3.63) is 23.8 Å². The number of rotatable bonds is 6. The summed E-state index contributed by atoms with van der Waals surface area (Å²) in [5.74, 6) is -1.62. The van der Waals surface area contributed by atoms with Crippen LogP contribution in [0.4, 0.5) is 14.5 Å². The number of hydrogen-bond donors (Lipinski definition) is 1. The van der Waals surface area contributed by atoms with Crippen molar-refractivity contribution in [1.29, 1.82) is 0 Å². The minimum Gasteiger partial charge on any atom is -0.408 e. The molecule has 0 amide bonds. The van der Waals surface area contributed by atoms with Gasteiger partial charge in [-0.1, -0.05) is 6.92 Å². The molecule has 0 radical (unpaired) electrons. The molecule has 1 aromatic carbocycles. The monoisotopic (exact) mass is 271 g/mol. The molecule has 0 atom stereocenters. The van der Waals surface area contributed by atoms with E-state index in [0.717, 1.165) is 18.6 Å². The van der Waals surface area contributed by atoms with E-state index >= 15 is 0 Å². The van der Waals surface area contributed by atoms with E-state index in [9.17, 15) is 8.78 Å². The number of hydrogen-bond acceptors (Lipinski definition) is 3. The molecule has 19 heavy (non-hydrogen) atoms. The lowest BCUT2D eigenvalue weighted by Gasteiger charge is -2.28. The van der Waals surface area contributed by atoms with Gasteiger partial charge in [-0.05, 0) is 44.8 Å².